The van der Waals surface area contributed by atoms with Crippen LogP contribution in [0.5, 0.6) is 0 Å². The Bertz CT molecular complexity index is 365. The van der Waals surface area contributed by atoms with Crippen molar-refractivity contribution in [3.8, 4) is 0 Å². The zero-order chi connectivity index (χ0) is 13.0. The lowest BCUT2D eigenvalue weighted by atomic mass is 9.80. The standard InChI is InChI=1S/C15H21BrOS/c1-11-3-2-4-12(9-11)15(17)10-18-14-7-5-13(16)6-8-14/h5-8,11-12,15,17H,2-4,9-10H2,1H3. The molecule has 0 aliphatic heterocycles. The Morgan fingerprint density at radius 3 is 2.72 bits per heavy atom. The van der Waals surface area contributed by atoms with Crippen molar-refractivity contribution >= 4 is 27.7 Å². The summed E-state index contributed by atoms with van der Waals surface area (Å²) in [5, 5.41) is 10.3. The van der Waals surface area contributed by atoms with E-state index in [4.69, 9.17) is 0 Å². The molecule has 0 bridgehead atoms. The first kappa shape index (κ1) is 14.4. The van der Waals surface area contributed by atoms with Gasteiger partial charge < -0.3 is 5.11 Å². The van der Waals surface area contributed by atoms with Crippen LogP contribution in [0.3, 0.4) is 0 Å². The predicted octanol–water partition coefficient (Wildman–Crippen LogP) is 4.73. The van der Waals surface area contributed by atoms with E-state index in [-0.39, 0.29) is 6.10 Å². The number of hydrogen-bond donors (Lipinski definition) is 1. The molecule has 1 N–H and O–H groups in total. The summed E-state index contributed by atoms with van der Waals surface area (Å²) >= 11 is 5.20. The van der Waals surface area contributed by atoms with Crippen LogP contribution in [0, 0.1) is 11.8 Å². The molecule has 0 aromatic heterocycles. The van der Waals surface area contributed by atoms with E-state index < -0.39 is 0 Å². The smallest absolute Gasteiger partial charge is 0.0662 e. The van der Waals surface area contributed by atoms with Crippen LogP contribution in [0.25, 0.3) is 0 Å². The summed E-state index contributed by atoms with van der Waals surface area (Å²) in [5.74, 6) is 2.12. The average Bonchev–Trinajstić information content (AvgIpc) is 2.38. The number of thioether (sulfide) groups is 1. The van der Waals surface area contributed by atoms with Gasteiger partial charge >= 0.3 is 0 Å². The van der Waals surface area contributed by atoms with Gasteiger partial charge in [0, 0.05) is 15.1 Å². The minimum Gasteiger partial charge on any atom is -0.392 e. The lowest BCUT2D eigenvalue weighted by Crippen LogP contribution is -2.27. The van der Waals surface area contributed by atoms with Gasteiger partial charge in [-0.05, 0) is 48.9 Å². The van der Waals surface area contributed by atoms with Crippen LogP contribution in [0.15, 0.2) is 33.6 Å². The SMILES string of the molecule is CC1CCCC(C(O)CSc2ccc(Br)cc2)C1. The molecule has 1 aliphatic carbocycles. The van der Waals surface area contributed by atoms with Crippen LogP contribution in [-0.2, 0) is 0 Å². The average molecular weight is 329 g/mol. The van der Waals surface area contributed by atoms with E-state index in [0.29, 0.717) is 5.92 Å². The van der Waals surface area contributed by atoms with Gasteiger partial charge in [0.15, 0.2) is 0 Å². The van der Waals surface area contributed by atoms with Crippen molar-refractivity contribution in [1.29, 1.82) is 0 Å². The van der Waals surface area contributed by atoms with Crippen molar-refractivity contribution in [3.63, 3.8) is 0 Å². The van der Waals surface area contributed by atoms with Crippen molar-refractivity contribution in [1.82, 2.24) is 0 Å². The summed E-state index contributed by atoms with van der Waals surface area (Å²) in [6.45, 7) is 2.31. The summed E-state index contributed by atoms with van der Waals surface area (Å²) in [5.41, 5.74) is 0. The molecule has 3 unspecified atom stereocenters. The fourth-order valence-corrected chi connectivity index (χ4v) is 3.91. The quantitative estimate of drug-likeness (QED) is 0.806. The Kier molecular flexibility index (Phi) is 5.58. The molecule has 0 radical (unpaired) electrons. The molecule has 1 aliphatic rings. The topological polar surface area (TPSA) is 20.2 Å². The third-order valence-corrected chi connectivity index (χ3v) is 5.40. The van der Waals surface area contributed by atoms with E-state index in [1.165, 1.54) is 30.6 Å². The highest BCUT2D eigenvalue weighted by atomic mass is 79.9. The van der Waals surface area contributed by atoms with E-state index in [2.05, 4.69) is 47.1 Å². The predicted molar refractivity (Wildman–Crippen MR) is 82.0 cm³/mol. The zero-order valence-corrected chi connectivity index (χ0v) is 13.2. The Balaban J connectivity index is 1.80. The highest BCUT2D eigenvalue weighted by Gasteiger charge is 2.25. The minimum atomic E-state index is -0.151. The van der Waals surface area contributed by atoms with E-state index in [9.17, 15) is 5.11 Å². The van der Waals surface area contributed by atoms with Crippen molar-refractivity contribution in [2.45, 2.75) is 43.6 Å². The molecular formula is C15H21BrOS. The number of rotatable bonds is 4. The van der Waals surface area contributed by atoms with Crippen LogP contribution in [-0.4, -0.2) is 17.0 Å². The zero-order valence-electron chi connectivity index (χ0n) is 10.8. The summed E-state index contributed by atoms with van der Waals surface area (Å²) in [6.07, 6.45) is 4.87. The van der Waals surface area contributed by atoms with E-state index >= 15 is 0 Å². The van der Waals surface area contributed by atoms with Gasteiger partial charge in [0.2, 0.25) is 0 Å². The van der Waals surface area contributed by atoms with Crippen LogP contribution < -0.4 is 0 Å². The maximum absolute atomic E-state index is 10.3. The third kappa shape index (κ3) is 4.29. The van der Waals surface area contributed by atoms with Crippen LogP contribution in [0.1, 0.15) is 32.6 Å². The molecule has 18 heavy (non-hydrogen) atoms. The van der Waals surface area contributed by atoms with E-state index in [0.717, 1.165) is 16.1 Å². The molecule has 0 spiro atoms. The van der Waals surface area contributed by atoms with E-state index in [1.807, 2.05) is 0 Å². The number of hydrogen-bond acceptors (Lipinski definition) is 2. The largest absolute Gasteiger partial charge is 0.392 e. The van der Waals surface area contributed by atoms with Gasteiger partial charge in [-0.25, -0.2) is 0 Å². The monoisotopic (exact) mass is 328 g/mol. The highest BCUT2D eigenvalue weighted by Crippen LogP contribution is 2.33. The molecule has 1 aromatic rings. The molecule has 1 nitrogen and oxygen atoms in total. The van der Waals surface area contributed by atoms with Gasteiger partial charge in [0.1, 0.15) is 0 Å². The van der Waals surface area contributed by atoms with Gasteiger partial charge in [-0.15, -0.1) is 11.8 Å². The Labute approximate surface area is 122 Å². The molecule has 1 saturated carbocycles. The van der Waals surface area contributed by atoms with Crippen LogP contribution >= 0.6 is 27.7 Å². The summed E-state index contributed by atoms with van der Waals surface area (Å²) in [4.78, 5) is 1.24. The minimum absolute atomic E-state index is 0.151. The third-order valence-electron chi connectivity index (χ3n) is 3.76. The number of aliphatic hydroxyl groups is 1. The lowest BCUT2D eigenvalue weighted by molar-refractivity contribution is 0.0902. The number of aliphatic hydroxyl groups excluding tert-OH is 1. The molecule has 2 rings (SSSR count). The Morgan fingerprint density at radius 2 is 2.06 bits per heavy atom. The fraction of sp³-hybridized carbons (Fsp3) is 0.600. The molecule has 0 saturated heterocycles. The van der Waals surface area contributed by atoms with Gasteiger partial charge in [-0.1, -0.05) is 35.7 Å². The summed E-state index contributed by atoms with van der Waals surface area (Å²) in [6, 6.07) is 8.31. The number of halogens is 1. The highest BCUT2D eigenvalue weighted by molar-refractivity contribution is 9.10. The summed E-state index contributed by atoms with van der Waals surface area (Å²) in [7, 11) is 0. The maximum Gasteiger partial charge on any atom is 0.0662 e. The van der Waals surface area contributed by atoms with Crippen molar-refractivity contribution in [2.24, 2.45) is 11.8 Å². The molecule has 0 heterocycles. The number of benzene rings is 1. The molecule has 1 fully saturated rings. The second-order valence-corrected chi connectivity index (χ2v) is 7.37. The first-order valence-electron chi connectivity index (χ1n) is 6.71. The molecule has 3 heteroatoms. The molecule has 3 atom stereocenters. The van der Waals surface area contributed by atoms with Crippen molar-refractivity contribution in [2.75, 3.05) is 5.75 Å². The second kappa shape index (κ2) is 6.97. The Hall–Kier alpha value is 0.01000. The maximum atomic E-state index is 10.3. The molecule has 0 amide bonds. The Morgan fingerprint density at radius 1 is 1.33 bits per heavy atom. The van der Waals surface area contributed by atoms with Crippen LogP contribution in [0.4, 0.5) is 0 Å². The first-order chi connectivity index (χ1) is 8.65. The molecule has 1 aromatic carbocycles. The van der Waals surface area contributed by atoms with Crippen molar-refractivity contribution in [3.05, 3.63) is 28.7 Å². The van der Waals surface area contributed by atoms with Crippen LogP contribution in [0.2, 0.25) is 0 Å². The van der Waals surface area contributed by atoms with Gasteiger partial charge in [0.05, 0.1) is 6.10 Å². The van der Waals surface area contributed by atoms with Gasteiger partial charge in [-0.3, -0.25) is 0 Å². The van der Waals surface area contributed by atoms with Gasteiger partial charge in [0.25, 0.3) is 0 Å². The second-order valence-electron chi connectivity index (χ2n) is 5.36. The normalized spacial score (nSPS) is 25.9. The fourth-order valence-electron chi connectivity index (χ4n) is 2.68. The molecular weight excluding hydrogens is 308 g/mol. The van der Waals surface area contributed by atoms with Crippen molar-refractivity contribution < 1.29 is 5.11 Å². The molecule has 100 valence electrons. The van der Waals surface area contributed by atoms with Gasteiger partial charge in [-0.2, -0.15) is 0 Å². The van der Waals surface area contributed by atoms with E-state index in [1.54, 1.807) is 11.8 Å². The lowest BCUT2D eigenvalue weighted by Gasteiger charge is -2.30. The first-order valence-corrected chi connectivity index (χ1v) is 8.49. The summed E-state index contributed by atoms with van der Waals surface area (Å²) < 4.78 is 1.11.